The van der Waals surface area contributed by atoms with Gasteiger partial charge in [-0.3, -0.25) is 9.69 Å². The first-order valence-corrected chi connectivity index (χ1v) is 6.40. The van der Waals surface area contributed by atoms with E-state index in [1.54, 1.807) is 11.3 Å². The maximum atomic E-state index is 11.4. The number of hydrogen-bond donors (Lipinski definition) is 1. The monoisotopic (exact) mass is 239 g/mol. The summed E-state index contributed by atoms with van der Waals surface area (Å²) in [6.45, 7) is 2.57. The van der Waals surface area contributed by atoms with Gasteiger partial charge < -0.3 is 5.11 Å². The summed E-state index contributed by atoms with van der Waals surface area (Å²) in [5.74, 6) is -0.385. The molecule has 1 unspecified atom stereocenters. The van der Waals surface area contributed by atoms with Crippen molar-refractivity contribution in [2.75, 3.05) is 7.05 Å². The van der Waals surface area contributed by atoms with Gasteiger partial charge in [-0.2, -0.15) is 0 Å². The summed E-state index contributed by atoms with van der Waals surface area (Å²) in [5, 5.41) is 11.4. The van der Waals surface area contributed by atoms with Gasteiger partial charge in [-0.05, 0) is 44.2 Å². The molecule has 0 spiro atoms. The lowest BCUT2D eigenvalue weighted by Gasteiger charge is -2.35. The van der Waals surface area contributed by atoms with Gasteiger partial charge in [0.15, 0.2) is 0 Å². The molecule has 0 radical (unpaired) electrons. The molecule has 2 rings (SSSR count). The number of hydrogen-bond acceptors (Lipinski definition) is 3. The molecule has 0 amide bonds. The zero-order valence-corrected chi connectivity index (χ0v) is 10.5. The molecule has 3 nitrogen and oxygen atoms in total. The van der Waals surface area contributed by atoms with Crippen LogP contribution < -0.4 is 0 Å². The molecule has 1 aliphatic carbocycles. The van der Waals surface area contributed by atoms with E-state index in [-0.39, 0.29) is 0 Å². The summed E-state index contributed by atoms with van der Waals surface area (Å²) in [4.78, 5) is 14.6. The Hall–Kier alpha value is -0.870. The third-order valence-corrected chi connectivity index (χ3v) is 4.43. The predicted octanol–water partition coefficient (Wildman–Crippen LogP) is 2.43. The van der Waals surface area contributed by atoms with Crippen LogP contribution in [0.25, 0.3) is 0 Å². The van der Waals surface area contributed by atoms with Crippen molar-refractivity contribution in [3.05, 3.63) is 22.4 Å². The normalized spacial score (nSPS) is 19.7. The highest BCUT2D eigenvalue weighted by atomic mass is 32.1. The molecule has 0 aliphatic heterocycles. The van der Waals surface area contributed by atoms with Gasteiger partial charge in [-0.15, -0.1) is 11.3 Å². The molecule has 1 aromatic rings. The Balaban J connectivity index is 2.11. The number of rotatable bonds is 5. The summed E-state index contributed by atoms with van der Waals surface area (Å²) >= 11 is 1.68. The third-order valence-electron chi connectivity index (χ3n) is 3.57. The minimum Gasteiger partial charge on any atom is -0.480 e. The Bertz CT molecular complexity index is 372. The maximum absolute atomic E-state index is 11.4. The number of carboxylic acid groups (broad SMARTS) is 1. The van der Waals surface area contributed by atoms with E-state index in [1.807, 2.05) is 30.3 Å². The quantitative estimate of drug-likeness (QED) is 0.858. The van der Waals surface area contributed by atoms with E-state index in [2.05, 4.69) is 6.07 Å². The van der Waals surface area contributed by atoms with E-state index in [9.17, 15) is 9.90 Å². The summed E-state index contributed by atoms with van der Waals surface area (Å²) in [6.07, 6.45) is 2.08. The second-order valence-electron chi connectivity index (χ2n) is 4.66. The molecular formula is C12H17NO2S. The fraction of sp³-hybridized carbons (Fsp3) is 0.583. The smallest absolute Gasteiger partial charge is 0.324 e. The highest BCUT2D eigenvalue weighted by Crippen LogP contribution is 2.43. The molecule has 1 N–H and O–H groups in total. The van der Waals surface area contributed by atoms with Crippen LogP contribution in [0.5, 0.6) is 0 Å². The topological polar surface area (TPSA) is 40.5 Å². The van der Waals surface area contributed by atoms with Gasteiger partial charge in [0.25, 0.3) is 0 Å². The molecule has 0 bridgehead atoms. The van der Waals surface area contributed by atoms with Gasteiger partial charge in [0.2, 0.25) is 0 Å². The molecule has 4 heteroatoms. The molecule has 1 atom stereocenters. The summed E-state index contributed by atoms with van der Waals surface area (Å²) < 4.78 is 0. The number of thiophene rings is 1. The Morgan fingerprint density at radius 3 is 2.81 bits per heavy atom. The first-order chi connectivity index (χ1) is 7.55. The number of aliphatic carboxylic acids is 1. The van der Waals surface area contributed by atoms with Crippen molar-refractivity contribution in [1.82, 2.24) is 4.90 Å². The Kier molecular flexibility index (Phi) is 3.04. The molecular weight excluding hydrogens is 222 g/mol. The number of carboxylic acids is 1. The van der Waals surface area contributed by atoms with Crippen LogP contribution in [0.3, 0.4) is 0 Å². The van der Waals surface area contributed by atoms with Gasteiger partial charge >= 0.3 is 5.97 Å². The van der Waals surface area contributed by atoms with E-state index < -0.39 is 11.5 Å². The van der Waals surface area contributed by atoms with E-state index in [1.165, 1.54) is 4.88 Å². The van der Waals surface area contributed by atoms with Crippen LogP contribution >= 0.6 is 11.3 Å². The Labute approximate surface area is 99.7 Å². The highest BCUT2D eigenvalue weighted by Gasteiger charge is 2.50. The summed E-state index contributed by atoms with van der Waals surface area (Å²) in [5.41, 5.74) is -0.704. The Morgan fingerprint density at radius 1 is 1.69 bits per heavy atom. The molecule has 1 aromatic heterocycles. The van der Waals surface area contributed by atoms with Gasteiger partial charge in [0.1, 0.15) is 5.54 Å². The molecule has 1 fully saturated rings. The van der Waals surface area contributed by atoms with Crippen molar-refractivity contribution < 1.29 is 9.90 Å². The molecule has 16 heavy (non-hydrogen) atoms. The fourth-order valence-corrected chi connectivity index (χ4v) is 2.85. The van der Waals surface area contributed by atoms with Gasteiger partial charge in [0.05, 0.1) is 0 Å². The first kappa shape index (κ1) is 11.6. The predicted molar refractivity (Wildman–Crippen MR) is 64.6 cm³/mol. The lowest BCUT2D eigenvalue weighted by molar-refractivity contribution is -0.151. The lowest BCUT2D eigenvalue weighted by Crippen LogP contribution is -2.51. The van der Waals surface area contributed by atoms with E-state index in [4.69, 9.17) is 0 Å². The average Bonchev–Trinajstić information content (AvgIpc) is 2.97. The second kappa shape index (κ2) is 4.18. The van der Waals surface area contributed by atoms with Crippen molar-refractivity contribution in [3.8, 4) is 0 Å². The second-order valence-corrected chi connectivity index (χ2v) is 5.69. The Morgan fingerprint density at radius 2 is 2.38 bits per heavy atom. The van der Waals surface area contributed by atoms with Gasteiger partial charge in [-0.1, -0.05) is 6.07 Å². The molecule has 1 heterocycles. The minimum absolute atomic E-state index is 0.315. The van der Waals surface area contributed by atoms with E-state index in [0.717, 1.165) is 19.4 Å². The highest BCUT2D eigenvalue weighted by molar-refractivity contribution is 7.09. The van der Waals surface area contributed by atoms with Crippen LogP contribution in [-0.4, -0.2) is 28.6 Å². The average molecular weight is 239 g/mol. The zero-order chi connectivity index (χ0) is 11.8. The van der Waals surface area contributed by atoms with Crippen LogP contribution in [-0.2, 0) is 11.3 Å². The van der Waals surface area contributed by atoms with Crippen LogP contribution in [0.2, 0.25) is 0 Å². The maximum Gasteiger partial charge on any atom is 0.324 e. The standard InChI is InChI=1S/C12H17NO2S/c1-12(11(14)15,9-5-6-9)13(2)8-10-4-3-7-16-10/h3-4,7,9H,5-6,8H2,1-2H3,(H,14,15). The van der Waals surface area contributed by atoms with Gasteiger partial charge in [0, 0.05) is 11.4 Å². The first-order valence-electron chi connectivity index (χ1n) is 5.52. The SMILES string of the molecule is CN(Cc1cccs1)C(C)(C(=O)O)C1CC1. The van der Waals surface area contributed by atoms with Crippen LogP contribution in [0.15, 0.2) is 17.5 Å². The van der Waals surface area contributed by atoms with Crippen molar-refractivity contribution in [3.63, 3.8) is 0 Å². The van der Waals surface area contributed by atoms with Crippen LogP contribution in [0.4, 0.5) is 0 Å². The largest absolute Gasteiger partial charge is 0.480 e. The van der Waals surface area contributed by atoms with Crippen molar-refractivity contribution in [2.45, 2.75) is 31.8 Å². The lowest BCUT2D eigenvalue weighted by atomic mass is 9.94. The van der Waals surface area contributed by atoms with E-state index in [0.29, 0.717) is 5.92 Å². The van der Waals surface area contributed by atoms with Crippen molar-refractivity contribution in [1.29, 1.82) is 0 Å². The molecule has 1 aliphatic rings. The van der Waals surface area contributed by atoms with Crippen LogP contribution in [0.1, 0.15) is 24.6 Å². The number of likely N-dealkylation sites (N-methyl/N-ethyl adjacent to an activating group) is 1. The number of nitrogens with zero attached hydrogens (tertiary/aromatic N) is 1. The third kappa shape index (κ3) is 1.99. The van der Waals surface area contributed by atoms with E-state index >= 15 is 0 Å². The fourth-order valence-electron chi connectivity index (χ4n) is 2.10. The van der Waals surface area contributed by atoms with Crippen molar-refractivity contribution in [2.24, 2.45) is 5.92 Å². The van der Waals surface area contributed by atoms with Crippen LogP contribution in [0, 0.1) is 5.92 Å². The molecule has 88 valence electrons. The minimum atomic E-state index is -0.704. The summed E-state index contributed by atoms with van der Waals surface area (Å²) in [6, 6.07) is 4.05. The molecule has 0 aromatic carbocycles. The van der Waals surface area contributed by atoms with Gasteiger partial charge in [-0.25, -0.2) is 0 Å². The zero-order valence-electron chi connectivity index (χ0n) is 9.64. The molecule has 0 saturated heterocycles. The number of carbonyl (C=O) groups is 1. The summed E-state index contributed by atoms with van der Waals surface area (Å²) in [7, 11) is 1.91. The van der Waals surface area contributed by atoms with Crippen molar-refractivity contribution >= 4 is 17.3 Å². The molecule has 1 saturated carbocycles.